The van der Waals surface area contributed by atoms with Crippen LogP contribution in [-0.2, 0) is 13.0 Å². The van der Waals surface area contributed by atoms with Crippen molar-refractivity contribution in [2.45, 2.75) is 19.4 Å². The van der Waals surface area contributed by atoms with Crippen molar-refractivity contribution in [2.75, 3.05) is 0 Å². The van der Waals surface area contributed by atoms with E-state index in [1.165, 1.54) is 0 Å². The number of fused-ring (bicyclic) bond motifs is 1. The van der Waals surface area contributed by atoms with Crippen LogP contribution in [0.3, 0.4) is 0 Å². The number of halogens is 2. The zero-order valence-electron chi connectivity index (χ0n) is 11.1. The molecule has 0 amide bonds. The molecule has 2 aromatic carbocycles. The first-order chi connectivity index (χ1) is 10.2. The third kappa shape index (κ3) is 2.85. The Morgan fingerprint density at radius 2 is 1.86 bits per heavy atom. The van der Waals surface area contributed by atoms with E-state index in [-0.39, 0.29) is 0 Å². The number of nitrogens with zero attached hydrogens (tertiary/aromatic N) is 1. The summed E-state index contributed by atoms with van der Waals surface area (Å²) in [6.07, 6.45) is 1.62. The second-order valence-corrected chi connectivity index (χ2v) is 5.67. The highest BCUT2D eigenvalue weighted by Gasteiger charge is 2.18. The Morgan fingerprint density at radius 1 is 1.10 bits per heavy atom. The predicted molar refractivity (Wildman–Crippen MR) is 83.9 cm³/mol. The van der Waals surface area contributed by atoms with Gasteiger partial charge in [0.1, 0.15) is 12.4 Å². The van der Waals surface area contributed by atoms with Gasteiger partial charge in [-0.1, -0.05) is 34.4 Å². The topological polar surface area (TPSA) is 41.8 Å². The van der Waals surface area contributed by atoms with Crippen LogP contribution in [0, 0.1) is 0 Å². The van der Waals surface area contributed by atoms with Gasteiger partial charge < -0.3 is 9.94 Å². The number of rotatable bonds is 3. The molecule has 0 saturated carbocycles. The molecule has 0 bridgehead atoms. The first-order valence-corrected chi connectivity index (χ1v) is 7.34. The lowest BCUT2D eigenvalue weighted by molar-refractivity contribution is 0.306. The first-order valence-electron chi connectivity index (χ1n) is 6.59. The Balaban J connectivity index is 1.78. The number of oxime groups is 1. The normalized spacial score (nSPS) is 15.2. The second-order valence-electron chi connectivity index (χ2n) is 4.85. The Hall–Kier alpha value is -1.71. The average Bonchev–Trinajstić information content (AvgIpc) is 2.89. The lowest BCUT2D eigenvalue weighted by Crippen LogP contribution is -1.99. The van der Waals surface area contributed by atoms with E-state index in [1.807, 2.05) is 18.2 Å². The summed E-state index contributed by atoms with van der Waals surface area (Å²) >= 11 is 12.2. The molecule has 0 aromatic heterocycles. The van der Waals surface area contributed by atoms with Gasteiger partial charge in [0.25, 0.3) is 0 Å². The summed E-state index contributed by atoms with van der Waals surface area (Å²) in [7, 11) is 0. The molecule has 3 rings (SSSR count). The number of ether oxygens (including phenoxy) is 1. The van der Waals surface area contributed by atoms with Gasteiger partial charge in [-0.2, -0.15) is 0 Å². The molecule has 0 unspecified atom stereocenters. The van der Waals surface area contributed by atoms with E-state index in [0.29, 0.717) is 16.7 Å². The van der Waals surface area contributed by atoms with E-state index in [4.69, 9.17) is 33.1 Å². The minimum atomic E-state index is 0.318. The van der Waals surface area contributed by atoms with Crippen LogP contribution < -0.4 is 4.74 Å². The summed E-state index contributed by atoms with van der Waals surface area (Å²) in [6.45, 7) is 0.318. The van der Waals surface area contributed by atoms with E-state index < -0.39 is 0 Å². The molecule has 1 aliphatic rings. The molecule has 21 heavy (non-hydrogen) atoms. The maximum atomic E-state index is 8.92. The van der Waals surface area contributed by atoms with Crippen molar-refractivity contribution < 1.29 is 9.94 Å². The van der Waals surface area contributed by atoms with Gasteiger partial charge in [0.15, 0.2) is 0 Å². The molecule has 0 spiro atoms. The molecule has 1 aliphatic carbocycles. The third-order valence-electron chi connectivity index (χ3n) is 3.58. The van der Waals surface area contributed by atoms with Crippen molar-refractivity contribution in [1.29, 1.82) is 0 Å². The van der Waals surface area contributed by atoms with Gasteiger partial charge in [-0.25, -0.2) is 0 Å². The van der Waals surface area contributed by atoms with Gasteiger partial charge in [0.2, 0.25) is 0 Å². The largest absolute Gasteiger partial charge is 0.489 e. The molecule has 2 aromatic rings. The van der Waals surface area contributed by atoms with Gasteiger partial charge in [0, 0.05) is 21.2 Å². The minimum Gasteiger partial charge on any atom is -0.489 e. The molecule has 1 N–H and O–H groups in total. The molecule has 3 nitrogen and oxygen atoms in total. The Morgan fingerprint density at radius 3 is 2.57 bits per heavy atom. The SMILES string of the molecule is O/N=C1/CCc2cc(OCc3c(Cl)cccc3Cl)ccc21. The number of aryl methyl sites for hydroxylation is 1. The molecule has 5 heteroatoms. The molecule has 0 fully saturated rings. The maximum Gasteiger partial charge on any atom is 0.120 e. The van der Waals surface area contributed by atoms with Crippen LogP contribution in [0.5, 0.6) is 5.75 Å². The van der Waals surface area contributed by atoms with Crippen molar-refractivity contribution in [1.82, 2.24) is 0 Å². The fraction of sp³-hybridized carbons (Fsp3) is 0.188. The Kier molecular flexibility index (Phi) is 4.04. The molecule has 108 valence electrons. The van der Waals surface area contributed by atoms with Crippen LogP contribution in [0.1, 0.15) is 23.1 Å². The van der Waals surface area contributed by atoms with Crippen molar-refractivity contribution in [3.8, 4) is 5.75 Å². The van der Waals surface area contributed by atoms with E-state index >= 15 is 0 Å². The Bertz CT molecular complexity index is 693. The van der Waals surface area contributed by atoms with Crippen molar-refractivity contribution in [2.24, 2.45) is 5.16 Å². The standard InChI is InChI=1S/C16H13Cl2NO2/c17-14-2-1-3-15(18)13(14)9-21-11-5-6-12-10(8-11)4-7-16(12)19-20/h1-3,5-6,8,20H,4,7,9H2/b19-16-. The number of hydrogen-bond acceptors (Lipinski definition) is 3. The van der Waals surface area contributed by atoms with E-state index in [2.05, 4.69) is 5.16 Å². The number of benzene rings is 2. The average molecular weight is 322 g/mol. The Labute approximate surface area is 132 Å². The van der Waals surface area contributed by atoms with Crippen LogP contribution >= 0.6 is 23.2 Å². The molecular formula is C16H13Cl2NO2. The molecule has 0 atom stereocenters. The smallest absolute Gasteiger partial charge is 0.120 e. The molecule has 0 radical (unpaired) electrons. The van der Waals surface area contributed by atoms with E-state index in [9.17, 15) is 0 Å². The van der Waals surface area contributed by atoms with Crippen molar-refractivity contribution in [3.63, 3.8) is 0 Å². The highest BCUT2D eigenvalue weighted by molar-refractivity contribution is 6.35. The van der Waals surface area contributed by atoms with Crippen molar-refractivity contribution in [3.05, 3.63) is 63.1 Å². The lowest BCUT2D eigenvalue weighted by Gasteiger charge is -2.10. The maximum absolute atomic E-state index is 8.92. The zero-order chi connectivity index (χ0) is 14.8. The highest BCUT2D eigenvalue weighted by atomic mass is 35.5. The second kappa shape index (κ2) is 5.96. The van der Waals surface area contributed by atoms with Crippen LogP contribution in [0.25, 0.3) is 0 Å². The zero-order valence-corrected chi connectivity index (χ0v) is 12.7. The van der Waals surface area contributed by atoms with E-state index in [1.54, 1.807) is 18.2 Å². The number of hydrogen-bond donors (Lipinski definition) is 1. The van der Waals surface area contributed by atoms with Gasteiger partial charge >= 0.3 is 0 Å². The fourth-order valence-electron chi connectivity index (χ4n) is 2.47. The first kappa shape index (κ1) is 14.2. The predicted octanol–water partition coefficient (Wildman–Crippen LogP) is 4.70. The molecular weight excluding hydrogens is 309 g/mol. The summed E-state index contributed by atoms with van der Waals surface area (Å²) in [5.41, 5.74) is 3.62. The minimum absolute atomic E-state index is 0.318. The third-order valence-corrected chi connectivity index (χ3v) is 4.29. The molecule has 0 heterocycles. The van der Waals surface area contributed by atoms with Crippen LogP contribution in [-0.4, -0.2) is 10.9 Å². The van der Waals surface area contributed by atoms with E-state index in [0.717, 1.165) is 41.0 Å². The van der Waals surface area contributed by atoms with Gasteiger partial charge in [-0.3, -0.25) is 0 Å². The summed E-state index contributed by atoms with van der Waals surface area (Å²) in [5, 5.41) is 13.4. The lowest BCUT2D eigenvalue weighted by atomic mass is 10.1. The van der Waals surface area contributed by atoms with Crippen LogP contribution in [0.15, 0.2) is 41.6 Å². The van der Waals surface area contributed by atoms with Gasteiger partial charge in [0.05, 0.1) is 5.71 Å². The molecule has 0 aliphatic heterocycles. The van der Waals surface area contributed by atoms with Crippen LogP contribution in [0.2, 0.25) is 10.0 Å². The van der Waals surface area contributed by atoms with Gasteiger partial charge in [-0.15, -0.1) is 0 Å². The monoisotopic (exact) mass is 321 g/mol. The fourth-order valence-corrected chi connectivity index (χ4v) is 2.97. The quantitative estimate of drug-likeness (QED) is 0.657. The van der Waals surface area contributed by atoms with Gasteiger partial charge in [-0.05, 0) is 48.7 Å². The molecule has 0 saturated heterocycles. The summed E-state index contributed by atoms with van der Waals surface area (Å²) in [5.74, 6) is 0.754. The summed E-state index contributed by atoms with van der Waals surface area (Å²) < 4.78 is 5.78. The summed E-state index contributed by atoms with van der Waals surface area (Å²) in [4.78, 5) is 0. The van der Waals surface area contributed by atoms with Crippen molar-refractivity contribution >= 4 is 28.9 Å². The van der Waals surface area contributed by atoms with Crippen LogP contribution in [0.4, 0.5) is 0 Å². The summed E-state index contributed by atoms with van der Waals surface area (Å²) in [6, 6.07) is 11.1. The highest BCUT2D eigenvalue weighted by Crippen LogP contribution is 2.29.